The molecule has 1 amide bonds. The van der Waals surface area contributed by atoms with E-state index in [0.717, 1.165) is 30.5 Å². The summed E-state index contributed by atoms with van der Waals surface area (Å²) in [7, 11) is 1.37. The molecule has 7 heteroatoms. The number of aromatic nitrogens is 1. The molecule has 0 radical (unpaired) electrons. The molecule has 1 aromatic heterocycles. The third-order valence-corrected chi connectivity index (χ3v) is 6.00. The van der Waals surface area contributed by atoms with E-state index in [0.29, 0.717) is 30.4 Å². The fourth-order valence-electron chi connectivity index (χ4n) is 4.48. The lowest BCUT2D eigenvalue weighted by molar-refractivity contribution is -0.146. The minimum absolute atomic E-state index is 0.124. The number of carbonyl (C=O) groups excluding carboxylic acids is 2. The van der Waals surface area contributed by atoms with Gasteiger partial charge in [0.25, 0.3) is 0 Å². The number of likely N-dealkylation sites (tertiary alicyclic amines) is 1. The van der Waals surface area contributed by atoms with Crippen LogP contribution in [0.25, 0.3) is 0 Å². The van der Waals surface area contributed by atoms with E-state index in [1.54, 1.807) is 0 Å². The number of esters is 1. The van der Waals surface area contributed by atoms with Gasteiger partial charge in [-0.2, -0.15) is 5.26 Å². The van der Waals surface area contributed by atoms with Crippen molar-refractivity contribution in [2.75, 3.05) is 25.5 Å². The van der Waals surface area contributed by atoms with Gasteiger partial charge in [0, 0.05) is 11.7 Å². The predicted octanol–water partition coefficient (Wildman–Crippen LogP) is 2.67. The zero-order chi connectivity index (χ0) is 19.6. The number of nitriles is 1. The third-order valence-electron chi connectivity index (χ3n) is 6.00. The van der Waals surface area contributed by atoms with Crippen LogP contribution in [-0.4, -0.2) is 47.6 Å². The number of methoxy groups -OCH3 is 1. The van der Waals surface area contributed by atoms with Gasteiger partial charge in [0.2, 0.25) is 5.91 Å². The molecule has 1 aromatic rings. The van der Waals surface area contributed by atoms with Gasteiger partial charge in [-0.1, -0.05) is 12.8 Å². The number of anilines is 1. The molecule has 0 spiro atoms. The summed E-state index contributed by atoms with van der Waals surface area (Å²) in [5.41, 5.74) is 2.51. The SMILES string of the molecule is COC(=O)C1CCCN1CC(=O)Nc1c(C#N)c(C)c(C)n1C1CCCC1. The summed E-state index contributed by atoms with van der Waals surface area (Å²) >= 11 is 0. The lowest BCUT2D eigenvalue weighted by Gasteiger charge is -2.23. The average molecular weight is 372 g/mol. The molecule has 2 heterocycles. The number of ether oxygens (including phenoxy) is 1. The molecule has 2 aliphatic rings. The maximum atomic E-state index is 12.8. The molecule has 1 aliphatic carbocycles. The molecule has 1 saturated heterocycles. The molecule has 7 nitrogen and oxygen atoms in total. The molecule has 1 aliphatic heterocycles. The number of nitrogens with zero attached hydrogens (tertiary/aromatic N) is 3. The lowest BCUT2D eigenvalue weighted by Crippen LogP contribution is -2.41. The second-order valence-corrected chi connectivity index (χ2v) is 7.55. The van der Waals surface area contributed by atoms with Crippen LogP contribution in [0, 0.1) is 25.2 Å². The van der Waals surface area contributed by atoms with Crippen molar-refractivity contribution in [3.8, 4) is 6.07 Å². The molecule has 27 heavy (non-hydrogen) atoms. The van der Waals surface area contributed by atoms with E-state index in [2.05, 4.69) is 16.0 Å². The largest absolute Gasteiger partial charge is 0.468 e. The quantitative estimate of drug-likeness (QED) is 0.803. The molecule has 1 saturated carbocycles. The topological polar surface area (TPSA) is 87.4 Å². The van der Waals surface area contributed by atoms with Gasteiger partial charge >= 0.3 is 5.97 Å². The van der Waals surface area contributed by atoms with Crippen LogP contribution >= 0.6 is 0 Å². The second-order valence-electron chi connectivity index (χ2n) is 7.55. The van der Waals surface area contributed by atoms with Gasteiger partial charge in [0.05, 0.1) is 19.2 Å². The van der Waals surface area contributed by atoms with Crippen LogP contribution in [0.4, 0.5) is 5.82 Å². The first-order chi connectivity index (χ1) is 13.0. The summed E-state index contributed by atoms with van der Waals surface area (Å²) in [4.78, 5) is 26.5. The van der Waals surface area contributed by atoms with E-state index < -0.39 is 0 Å². The Kier molecular flexibility index (Phi) is 5.85. The van der Waals surface area contributed by atoms with Gasteiger partial charge in [-0.05, 0) is 51.6 Å². The first kappa shape index (κ1) is 19.4. The summed E-state index contributed by atoms with van der Waals surface area (Å²) in [6.07, 6.45) is 6.06. The highest BCUT2D eigenvalue weighted by atomic mass is 16.5. The standard InChI is InChI=1S/C20H28N4O3/c1-13-14(2)24(15-7-4-5-8-15)19(16(13)11-21)22-18(25)12-23-10-6-9-17(23)20(26)27-3/h15,17H,4-10,12H2,1-3H3,(H,22,25). The lowest BCUT2D eigenvalue weighted by atomic mass is 10.2. The van der Waals surface area contributed by atoms with Crippen molar-refractivity contribution in [2.45, 2.75) is 64.5 Å². The molecule has 0 aromatic carbocycles. The van der Waals surface area contributed by atoms with Gasteiger partial charge in [-0.15, -0.1) is 0 Å². The van der Waals surface area contributed by atoms with E-state index >= 15 is 0 Å². The second kappa shape index (κ2) is 8.13. The fourth-order valence-corrected chi connectivity index (χ4v) is 4.48. The number of hydrogen-bond donors (Lipinski definition) is 1. The van der Waals surface area contributed by atoms with E-state index in [1.807, 2.05) is 18.7 Å². The zero-order valence-electron chi connectivity index (χ0n) is 16.4. The van der Waals surface area contributed by atoms with Crippen molar-refractivity contribution < 1.29 is 14.3 Å². The molecule has 0 bridgehead atoms. The monoisotopic (exact) mass is 372 g/mol. The Labute approximate surface area is 160 Å². The summed E-state index contributed by atoms with van der Waals surface area (Å²) in [6.45, 7) is 4.76. The van der Waals surface area contributed by atoms with Crippen LogP contribution in [0.2, 0.25) is 0 Å². The van der Waals surface area contributed by atoms with E-state index in [1.165, 1.54) is 20.0 Å². The minimum atomic E-state index is -0.360. The van der Waals surface area contributed by atoms with Crippen molar-refractivity contribution in [3.63, 3.8) is 0 Å². The maximum Gasteiger partial charge on any atom is 0.323 e. The summed E-state index contributed by atoms with van der Waals surface area (Å²) in [5, 5.41) is 12.6. The smallest absolute Gasteiger partial charge is 0.323 e. The Hall–Kier alpha value is -2.33. The van der Waals surface area contributed by atoms with Gasteiger partial charge in [-0.3, -0.25) is 14.5 Å². The van der Waals surface area contributed by atoms with Crippen molar-refractivity contribution in [2.24, 2.45) is 0 Å². The Morgan fingerprint density at radius 2 is 1.93 bits per heavy atom. The summed E-state index contributed by atoms with van der Waals surface area (Å²) in [6, 6.07) is 2.23. The Balaban J connectivity index is 1.80. The summed E-state index contributed by atoms with van der Waals surface area (Å²) in [5.74, 6) is 0.122. The Morgan fingerprint density at radius 1 is 1.22 bits per heavy atom. The molecule has 1 unspecified atom stereocenters. The number of amides is 1. The van der Waals surface area contributed by atoms with Crippen molar-refractivity contribution in [1.82, 2.24) is 9.47 Å². The van der Waals surface area contributed by atoms with Gasteiger partial charge in [-0.25, -0.2) is 0 Å². The highest BCUT2D eigenvalue weighted by Crippen LogP contribution is 2.37. The number of rotatable bonds is 5. The van der Waals surface area contributed by atoms with E-state index in [4.69, 9.17) is 4.74 Å². The molecular weight excluding hydrogens is 344 g/mol. The van der Waals surface area contributed by atoms with Gasteiger partial charge < -0.3 is 14.6 Å². The minimum Gasteiger partial charge on any atom is -0.468 e. The number of carbonyl (C=O) groups is 2. The van der Waals surface area contributed by atoms with Gasteiger partial charge in [0.1, 0.15) is 17.9 Å². The molecule has 1 atom stereocenters. The van der Waals surface area contributed by atoms with Crippen molar-refractivity contribution >= 4 is 17.7 Å². The fraction of sp³-hybridized carbons (Fsp3) is 0.650. The normalized spacial score (nSPS) is 20.6. The molecular formula is C20H28N4O3. The predicted molar refractivity (Wildman–Crippen MR) is 101 cm³/mol. The van der Waals surface area contributed by atoms with Crippen LogP contribution in [0.1, 0.15) is 61.4 Å². The average Bonchev–Trinajstić information content (AvgIpc) is 3.37. The van der Waals surface area contributed by atoms with Crippen LogP contribution in [0.3, 0.4) is 0 Å². The highest BCUT2D eigenvalue weighted by molar-refractivity contribution is 5.93. The number of hydrogen-bond acceptors (Lipinski definition) is 5. The molecule has 146 valence electrons. The third kappa shape index (κ3) is 3.72. The maximum absolute atomic E-state index is 12.8. The Bertz CT molecular complexity index is 771. The molecule has 3 rings (SSSR count). The Morgan fingerprint density at radius 3 is 2.56 bits per heavy atom. The van der Waals surface area contributed by atoms with Gasteiger partial charge in [0.15, 0.2) is 0 Å². The van der Waals surface area contributed by atoms with Crippen LogP contribution in [0.15, 0.2) is 0 Å². The first-order valence-corrected chi connectivity index (χ1v) is 9.71. The van der Waals surface area contributed by atoms with Crippen LogP contribution < -0.4 is 5.32 Å². The van der Waals surface area contributed by atoms with Crippen LogP contribution in [0.5, 0.6) is 0 Å². The molecule has 1 N–H and O–H groups in total. The van der Waals surface area contributed by atoms with E-state index in [9.17, 15) is 14.9 Å². The first-order valence-electron chi connectivity index (χ1n) is 9.71. The highest BCUT2D eigenvalue weighted by Gasteiger charge is 2.33. The summed E-state index contributed by atoms with van der Waals surface area (Å²) < 4.78 is 6.99. The van der Waals surface area contributed by atoms with Crippen molar-refractivity contribution in [3.05, 3.63) is 16.8 Å². The number of nitrogens with one attached hydrogen (secondary N) is 1. The zero-order valence-corrected chi connectivity index (χ0v) is 16.4. The molecule has 2 fully saturated rings. The van der Waals surface area contributed by atoms with E-state index in [-0.39, 0.29) is 24.5 Å². The van der Waals surface area contributed by atoms with Crippen molar-refractivity contribution in [1.29, 1.82) is 5.26 Å². The van der Waals surface area contributed by atoms with Crippen LogP contribution in [-0.2, 0) is 14.3 Å².